The molecular formula is C13H12ClN3O3S. The highest BCUT2D eigenvalue weighted by Crippen LogP contribution is 2.27. The zero-order valence-electron chi connectivity index (χ0n) is 11.1. The predicted molar refractivity (Wildman–Crippen MR) is 80.8 cm³/mol. The third kappa shape index (κ3) is 3.56. The van der Waals surface area contributed by atoms with Gasteiger partial charge in [0.15, 0.2) is 0 Å². The molecule has 1 N–H and O–H groups in total. The number of hydrogen-bond donors (Lipinski definition) is 1. The quantitative estimate of drug-likeness (QED) is 0.675. The van der Waals surface area contributed by atoms with Crippen molar-refractivity contribution in [2.24, 2.45) is 0 Å². The molecule has 0 aliphatic rings. The molecule has 0 unspecified atom stereocenters. The van der Waals surface area contributed by atoms with Crippen molar-refractivity contribution in [2.45, 2.75) is 19.9 Å². The van der Waals surface area contributed by atoms with Gasteiger partial charge in [0.25, 0.3) is 11.6 Å². The normalized spacial score (nSPS) is 10.4. The first-order chi connectivity index (χ1) is 10.0. The number of rotatable bonds is 5. The van der Waals surface area contributed by atoms with E-state index in [1.807, 2.05) is 6.92 Å². The maximum atomic E-state index is 12.0. The van der Waals surface area contributed by atoms with Gasteiger partial charge in [0, 0.05) is 17.1 Å². The molecule has 21 heavy (non-hydrogen) atoms. The summed E-state index contributed by atoms with van der Waals surface area (Å²) in [7, 11) is 0. The second-order valence-electron chi connectivity index (χ2n) is 4.15. The maximum absolute atomic E-state index is 12.0. The van der Waals surface area contributed by atoms with Crippen molar-refractivity contribution in [1.82, 2.24) is 10.3 Å². The monoisotopic (exact) mass is 325 g/mol. The molecule has 0 saturated carbocycles. The average molecular weight is 326 g/mol. The Morgan fingerprint density at radius 2 is 2.29 bits per heavy atom. The van der Waals surface area contributed by atoms with Crippen LogP contribution in [0.15, 0.2) is 24.4 Å². The fraction of sp³-hybridized carbons (Fsp3) is 0.231. The van der Waals surface area contributed by atoms with Gasteiger partial charge in [0.2, 0.25) is 0 Å². The van der Waals surface area contributed by atoms with Crippen LogP contribution in [0.3, 0.4) is 0 Å². The number of nitro groups is 1. The zero-order valence-corrected chi connectivity index (χ0v) is 12.7. The molecule has 0 spiro atoms. The fourth-order valence-electron chi connectivity index (χ4n) is 1.68. The number of carbonyl (C=O) groups excluding carboxylic acids is 1. The van der Waals surface area contributed by atoms with Crippen LogP contribution in [0.25, 0.3) is 0 Å². The van der Waals surface area contributed by atoms with Gasteiger partial charge in [0.05, 0.1) is 17.0 Å². The molecule has 0 fully saturated rings. The molecule has 2 aromatic rings. The number of aromatic nitrogens is 1. The molecule has 2 rings (SSSR count). The van der Waals surface area contributed by atoms with Crippen LogP contribution in [0.5, 0.6) is 0 Å². The molecule has 1 aromatic carbocycles. The minimum atomic E-state index is -0.618. The summed E-state index contributed by atoms with van der Waals surface area (Å²) in [6.45, 7) is 2.29. The molecule has 8 heteroatoms. The molecule has 0 saturated heterocycles. The molecule has 0 radical (unpaired) electrons. The van der Waals surface area contributed by atoms with Crippen LogP contribution >= 0.6 is 22.9 Å². The van der Waals surface area contributed by atoms with E-state index >= 15 is 0 Å². The van der Waals surface area contributed by atoms with Crippen molar-refractivity contribution < 1.29 is 9.72 Å². The first-order valence-corrected chi connectivity index (χ1v) is 7.37. The molecule has 0 aliphatic heterocycles. The van der Waals surface area contributed by atoms with Gasteiger partial charge in [-0.2, -0.15) is 0 Å². The van der Waals surface area contributed by atoms with Crippen LogP contribution < -0.4 is 5.32 Å². The molecular weight excluding hydrogens is 314 g/mol. The number of carbonyl (C=O) groups is 1. The largest absolute Gasteiger partial charge is 0.345 e. The third-order valence-electron chi connectivity index (χ3n) is 2.77. The Balaban J connectivity index is 2.10. The molecule has 0 bridgehead atoms. The molecule has 110 valence electrons. The zero-order chi connectivity index (χ0) is 15.4. The average Bonchev–Trinajstić information content (AvgIpc) is 2.92. The van der Waals surface area contributed by atoms with E-state index in [0.717, 1.165) is 16.3 Å². The Kier molecular flexibility index (Phi) is 4.87. The highest BCUT2D eigenvalue weighted by Gasteiger charge is 2.19. The predicted octanol–water partition coefficient (Wildman–Crippen LogP) is 3.20. The SMILES string of the molecule is CCc1cnc(CNC(=O)c2cccc([N+](=O)[O-])c2Cl)s1. The maximum Gasteiger partial charge on any atom is 0.288 e. The van der Waals surface area contributed by atoms with Crippen molar-refractivity contribution in [3.63, 3.8) is 0 Å². The lowest BCUT2D eigenvalue weighted by Gasteiger charge is -2.05. The van der Waals surface area contributed by atoms with Crippen molar-refractivity contribution in [2.75, 3.05) is 0 Å². The summed E-state index contributed by atoms with van der Waals surface area (Å²) in [6.07, 6.45) is 2.66. The number of nitro benzene ring substituents is 1. The van der Waals surface area contributed by atoms with Crippen molar-refractivity contribution >= 4 is 34.5 Å². The number of nitrogens with zero attached hydrogens (tertiary/aromatic N) is 2. The van der Waals surface area contributed by atoms with E-state index in [9.17, 15) is 14.9 Å². The molecule has 1 aromatic heterocycles. The Morgan fingerprint density at radius 3 is 2.90 bits per heavy atom. The fourth-order valence-corrected chi connectivity index (χ4v) is 2.76. The summed E-state index contributed by atoms with van der Waals surface area (Å²) in [5.41, 5.74) is -0.204. The molecule has 1 heterocycles. The number of benzene rings is 1. The summed E-state index contributed by atoms with van der Waals surface area (Å²) in [4.78, 5) is 27.5. The number of halogens is 1. The Hall–Kier alpha value is -1.99. The summed E-state index contributed by atoms with van der Waals surface area (Å²) in [5, 5.41) is 14.1. The van der Waals surface area contributed by atoms with Crippen molar-refractivity contribution in [1.29, 1.82) is 0 Å². The first-order valence-electron chi connectivity index (χ1n) is 6.17. The van der Waals surface area contributed by atoms with E-state index in [1.165, 1.54) is 29.5 Å². The minimum Gasteiger partial charge on any atom is -0.345 e. The van der Waals surface area contributed by atoms with E-state index in [0.29, 0.717) is 0 Å². The number of thiazole rings is 1. The van der Waals surface area contributed by atoms with Gasteiger partial charge < -0.3 is 5.32 Å². The molecule has 1 amide bonds. The van der Waals surface area contributed by atoms with Crippen molar-refractivity contribution in [3.8, 4) is 0 Å². The Bertz CT molecular complexity index is 687. The molecule has 6 nitrogen and oxygen atoms in total. The number of nitrogens with one attached hydrogen (secondary N) is 1. The second kappa shape index (κ2) is 6.64. The van der Waals surface area contributed by atoms with E-state index in [4.69, 9.17) is 11.6 Å². The topological polar surface area (TPSA) is 85.1 Å². The van der Waals surface area contributed by atoms with Gasteiger partial charge in [0.1, 0.15) is 10.0 Å². The summed E-state index contributed by atoms with van der Waals surface area (Å²) in [6, 6.07) is 4.13. The van der Waals surface area contributed by atoms with Gasteiger partial charge in [-0.3, -0.25) is 14.9 Å². The van der Waals surface area contributed by atoms with Gasteiger partial charge in [-0.25, -0.2) is 4.98 Å². The van der Waals surface area contributed by atoms with Crippen LogP contribution in [0.4, 0.5) is 5.69 Å². The lowest BCUT2D eigenvalue weighted by molar-refractivity contribution is -0.384. The number of hydrogen-bond acceptors (Lipinski definition) is 5. The van der Waals surface area contributed by atoms with Crippen LogP contribution in [-0.4, -0.2) is 15.8 Å². The van der Waals surface area contributed by atoms with Crippen molar-refractivity contribution in [3.05, 3.63) is 55.0 Å². The van der Waals surface area contributed by atoms with Gasteiger partial charge >= 0.3 is 0 Å². The van der Waals surface area contributed by atoms with E-state index in [1.54, 1.807) is 6.20 Å². The summed E-state index contributed by atoms with van der Waals surface area (Å²) < 4.78 is 0. The highest BCUT2D eigenvalue weighted by molar-refractivity contribution is 7.11. The Morgan fingerprint density at radius 1 is 1.52 bits per heavy atom. The lowest BCUT2D eigenvalue weighted by Crippen LogP contribution is -2.23. The lowest BCUT2D eigenvalue weighted by atomic mass is 10.2. The highest BCUT2D eigenvalue weighted by atomic mass is 35.5. The van der Waals surface area contributed by atoms with Gasteiger partial charge in [-0.1, -0.05) is 24.6 Å². The minimum absolute atomic E-state index is 0.0816. The number of aryl methyl sites for hydroxylation is 1. The Labute approximate surface area is 129 Å². The van der Waals surface area contributed by atoms with Crippen LogP contribution in [0.1, 0.15) is 27.2 Å². The smallest absolute Gasteiger partial charge is 0.288 e. The first kappa shape index (κ1) is 15.4. The number of amides is 1. The standard InChI is InChI=1S/C13H12ClN3O3S/c1-2-8-6-15-11(21-8)7-16-13(18)9-4-3-5-10(12(9)14)17(19)20/h3-6H,2,7H2,1H3,(H,16,18). The van der Waals surface area contributed by atoms with Crippen LogP contribution in [0, 0.1) is 10.1 Å². The summed E-state index contributed by atoms with van der Waals surface area (Å²) >= 11 is 7.41. The van der Waals surface area contributed by atoms with Crippen LogP contribution in [-0.2, 0) is 13.0 Å². The molecule has 0 aliphatic carbocycles. The van der Waals surface area contributed by atoms with Gasteiger partial charge in [-0.15, -0.1) is 11.3 Å². The summed E-state index contributed by atoms with van der Waals surface area (Å²) in [5.74, 6) is -0.461. The van der Waals surface area contributed by atoms with E-state index in [-0.39, 0.29) is 22.8 Å². The third-order valence-corrected chi connectivity index (χ3v) is 4.31. The van der Waals surface area contributed by atoms with Crippen LogP contribution in [0.2, 0.25) is 5.02 Å². The van der Waals surface area contributed by atoms with E-state index in [2.05, 4.69) is 10.3 Å². The van der Waals surface area contributed by atoms with Gasteiger partial charge in [-0.05, 0) is 12.5 Å². The van der Waals surface area contributed by atoms with E-state index < -0.39 is 10.8 Å². The molecule has 0 atom stereocenters. The second-order valence-corrected chi connectivity index (χ2v) is 5.73.